The number of hydrogen-bond donors (Lipinski definition) is 1. The topological polar surface area (TPSA) is 18.5 Å². The van der Waals surface area contributed by atoms with E-state index in [1.165, 1.54) is 64.8 Å². The minimum absolute atomic E-state index is 0.597. The van der Waals surface area contributed by atoms with E-state index in [1.807, 2.05) is 0 Å². The fourth-order valence-corrected chi connectivity index (χ4v) is 3.65. The van der Waals surface area contributed by atoms with Crippen LogP contribution >= 0.6 is 0 Å². The number of nitrogens with zero attached hydrogens (tertiary/aromatic N) is 2. The molecule has 0 radical (unpaired) electrons. The first kappa shape index (κ1) is 14.3. The van der Waals surface area contributed by atoms with Crippen LogP contribution in [0.2, 0.25) is 0 Å². The maximum absolute atomic E-state index is 3.51. The maximum atomic E-state index is 3.51. The van der Waals surface area contributed by atoms with Crippen LogP contribution in [-0.4, -0.2) is 62.7 Å². The highest BCUT2D eigenvalue weighted by Crippen LogP contribution is 2.34. The molecular formula is C15H31N3. The van der Waals surface area contributed by atoms with Crippen LogP contribution in [0.5, 0.6) is 0 Å². The summed E-state index contributed by atoms with van der Waals surface area (Å²) in [7, 11) is 4.46. The van der Waals surface area contributed by atoms with Crippen LogP contribution in [0.3, 0.4) is 0 Å². The van der Waals surface area contributed by atoms with Gasteiger partial charge in [-0.1, -0.05) is 6.92 Å². The first-order chi connectivity index (χ1) is 8.65. The lowest BCUT2D eigenvalue weighted by molar-refractivity contribution is 0.0634. The zero-order valence-electron chi connectivity index (χ0n) is 12.5. The molecule has 0 saturated carbocycles. The van der Waals surface area contributed by atoms with E-state index in [4.69, 9.17) is 0 Å². The van der Waals surface area contributed by atoms with Gasteiger partial charge in [-0.25, -0.2) is 0 Å². The summed E-state index contributed by atoms with van der Waals surface area (Å²) in [6, 6.07) is 0.773. The largest absolute Gasteiger partial charge is 0.317 e. The monoisotopic (exact) mass is 253 g/mol. The number of rotatable bonds is 4. The van der Waals surface area contributed by atoms with Gasteiger partial charge in [0.1, 0.15) is 0 Å². The van der Waals surface area contributed by atoms with Gasteiger partial charge in [-0.05, 0) is 71.2 Å². The Morgan fingerprint density at radius 3 is 2.61 bits per heavy atom. The van der Waals surface area contributed by atoms with E-state index < -0.39 is 0 Å². The first-order valence-corrected chi connectivity index (χ1v) is 7.75. The lowest BCUT2D eigenvalue weighted by Crippen LogP contribution is -2.50. The van der Waals surface area contributed by atoms with Gasteiger partial charge in [0.15, 0.2) is 0 Å². The molecule has 0 amide bonds. The average molecular weight is 253 g/mol. The minimum Gasteiger partial charge on any atom is -0.317 e. The molecule has 2 fully saturated rings. The minimum atomic E-state index is 0.597. The normalized spacial score (nSPS) is 29.7. The Labute approximate surface area is 113 Å². The molecular weight excluding hydrogens is 222 g/mol. The molecule has 0 bridgehead atoms. The SMILES string of the molecule is CCC1(CN2CCCC(N(C)C)C2)CCNCC1. The zero-order chi connectivity index (χ0) is 13.0. The van der Waals surface area contributed by atoms with Gasteiger partial charge < -0.3 is 15.1 Å². The van der Waals surface area contributed by atoms with Crippen molar-refractivity contribution in [2.75, 3.05) is 46.8 Å². The average Bonchev–Trinajstić information content (AvgIpc) is 2.40. The van der Waals surface area contributed by atoms with Gasteiger partial charge in [0.25, 0.3) is 0 Å². The molecule has 2 aliphatic heterocycles. The summed E-state index contributed by atoms with van der Waals surface area (Å²) in [4.78, 5) is 5.15. The first-order valence-electron chi connectivity index (χ1n) is 7.75. The lowest BCUT2D eigenvalue weighted by atomic mass is 9.76. The van der Waals surface area contributed by atoms with Crippen molar-refractivity contribution in [2.24, 2.45) is 5.41 Å². The van der Waals surface area contributed by atoms with Crippen LogP contribution in [0.25, 0.3) is 0 Å². The van der Waals surface area contributed by atoms with Crippen molar-refractivity contribution in [3.8, 4) is 0 Å². The molecule has 0 spiro atoms. The maximum Gasteiger partial charge on any atom is 0.0217 e. The van der Waals surface area contributed by atoms with Gasteiger partial charge in [-0.2, -0.15) is 0 Å². The van der Waals surface area contributed by atoms with Crippen LogP contribution in [0.4, 0.5) is 0 Å². The predicted octanol–water partition coefficient (Wildman–Crippen LogP) is 1.79. The molecule has 18 heavy (non-hydrogen) atoms. The third-order valence-corrected chi connectivity index (χ3v) is 5.18. The molecule has 3 heteroatoms. The van der Waals surface area contributed by atoms with E-state index in [1.54, 1.807) is 0 Å². The second kappa shape index (κ2) is 6.36. The predicted molar refractivity (Wildman–Crippen MR) is 78.0 cm³/mol. The molecule has 3 nitrogen and oxygen atoms in total. The molecule has 0 aromatic heterocycles. The Kier molecular flexibility index (Phi) is 5.05. The number of likely N-dealkylation sites (N-methyl/N-ethyl adjacent to an activating group) is 1. The van der Waals surface area contributed by atoms with E-state index in [2.05, 4.69) is 36.1 Å². The third-order valence-electron chi connectivity index (χ3n) is 5.18. The molecule has 2 saturated heterocycles. The molecule has 0 aromatic rings. The number of likely N-dealkylation sites (tertiary alicyclic amines) is 1. The smallest absolute Gasteiger partial charge is 0.0217 e. The van der Waals surface area contributed by atoms with Gasteiger partial charge in [0.2, 0.25) is 0 Å². The van der Waals surface area contributed by atoms with Gasteiger partial charge in [-0.15, -0.1) is 0 Å². The van der Waals surface area contributed by atoms with E-state index >= 15 is 0 Å². The summed E-state index contributed by atoms with van der Waals surface area (Å²) < 4.78 is 0. The Morgan fingerprint density at radius 2 is 2.00 bits per heavy atom. The van der Waals surface area contributed by atoms with Crippen molar-refractivity contribution in [2.45, 2.75) is 45.1 Å². The summed E-state index contributed by atoms with van der Waals surface area (Å²) in [5.41, 5.74) is 0.597. The van der Waals surface area contributed by atoms with E-state index in [0.29, 0.717) is 5.41 Å². The molecule has 1 atom stereocenters. The van der Waals surface area contributed by atoms with Crippen molar-refractivity contribution >= 4 is 0 Å². The Hall–Kier alpha value is -0.120. The van der Waals surface area contributed by atoms with Crippen molar-refractivity contribution in [1.29, 1.82) is 0 Å². The zero-order valence-corrected chi connectivity index (χ0v) is 12.5. The third kappa shape index (κ3) is 3.46. The Morgan fingerprint density at radius 1 is 1.28 bits per heavy atom. The molecule has 2 rings (SSSR count). The standard InChI is InChI=1S/C15H31N3/c1-4-15(7-9-16-10-8-15)13-18-11-5-6-14(12-18)17(2)3/h14,16H,4-13H2,1-3H3. The van der Waals surface area contributed by atoms with Gasteiger partial charge >= 0.3 is 0 Å². The highest BCUT2D eigenvalue weighted by Gasteiger charge is 2.33. The van der Waals surface area contributed by atoms with Crippen LogP contribution in [-0.2, 0) is 0 Å². The molecule has 1 N–H and O–H groups in total. The second-order valence-electron chi connectivity index (χ2n) is 6.60. The molecule has 2 heterocycles. The van der Waals surface area contributed by atoms with Crippen molar-refractivity contribution in [3.63, 3.8) is 0 Å². The fraction of sp³-hybridized carbons (Fsp3) is 1.00. The van der Waals surface area contributed by atoms with E-state index in [0.717, 1.165) is 6.04 Å². The van der Waals surface area contributed by atoms with Crippen LogP contribution in [0.1, 0.15) is 39.0 Å². The van der Waals surface area contributed by atoms with Gasteiger partial charge in [0, 0.05) is 19.1 Å². The summed E-state index contributed by atoms with van der Waals surface area (Å²) in [5.74, 6) is 0. The number of hydrogen-bond acceptors (Lipinski definition) is 3. The van der Waals surface area contributed by atoms with E-state index in [-0.39, 0.29) is 0 Å². The van der Waals surface area contributed by atoms with Crippen molar-refractivity contribution < 1.29 is 0 Å². The molecule has 0 aliphatic carbocycles. The van der Waals surface area contributed by atoms with Gasteiger partial charge in [0.05, 0.1) is 0 Å². The number of nitrogens with one attached hydrogen (secondary N) is 1. The molecule has 2 aliphatic rings. The molecule has 0 aromatic carbocycles. The summed E-state index contributed by atoms with van der Waals surface area (Å²) in [5, 5.41) is 3.51. The number of piperidine rings is 2. The van der Waals surface area contributed by atoms with Crippen LogP contribution in [0, 0.1) is 5.41 Å². The van der Waals surface area contributed by atoms with Crippen LogP contribution in [0.15, 0.2) is 0 Å². The highest BCUT2D eigenvalue weighted by molar-refractivity contribution is 4.89. The molecule has 106 valence electrons. The van der Waals surface area contributed by atoms with Crippen molar-refractivity contribution in [3.05, 3.63) is 0 Å². The Balaban J connectivity index is 1.90. The quantitative estimate of drug-likeness (QED) is 0.824. The second-order valence-corrected chi connectivity index (χ2v) is 6.60. The Bertz CT molecular complexity index is 246. The summed E-state index contributed by atoms with van der Waals surface area (Å²) >= 11 is 0. The summed E-state index contributed by atoms with van der Waals surface area (Å²) in [6.45, 7) is 8.76. The molecule has 1 unspecified atom stereocenters. The fourth-order valence-electron chi connectivity index (χ4n) is 3.65. The van der Waals surface area contributed by atoms with Crippen LogP contribution < -0.4 is 5.32 Å². The van der Waals surface area contributed by atoms with Crippen molar-refractivity contribution in [1.82, 2.24) is 15.1 Å². The lowest BCUT2D eigenvalue weighted by Gasteiger charge is -2.44. The van der Waals surface area contributed by atoms with E-state index in [9.17, 15) is 0 Å². The highest BCUT2D eigenvalue weighted by atomic mass is 15.2. The summed E-state index contributed by atoms with van der Waals surface area (Å²) in [6.07, 6.45) is 6.84. The van der Waals surface area contributed by atoms with Gasteiger partial charge in [-0.3, -0.25) is 0 Å².